The van der Waals surface area contributed by atoms with Crippen LogP contribution in [0, 0.1) is 10.1 Å². The fourth-order valence-corrected chi connectivity index (χ4v) is 1.39. The third kappa shape index (κ3) is 3.85. The van der Waals surface area contributed by atoms with E-state index in [0.717, 1.165) is 0 Å². The number of hydrogen-bond acceptors (Lipinski definition) is 5. The fourth-order valence-electron chi connectivity index (χ4n) is 1.39. The van der Waals surface area contributed by atoms with E-state index in [1.807, 2.05) is 0 Å². The van der Waals surface area contributed by atoms with Gasteiger partial charge in [-0.2, -0.15) is 0 Å². The molecule has 0 aromatic heterocycles. The normalized spacial score (nSPS) is 11.5. The average molecular weight is 263 g/mol. The van der Waals surface area contributed by atoms with Gasteiger partial charge in [0.2, 0.25) is 0 Å². The van der Waals surface area contributed by atoms with Crippen LogP contribution in [0.25, 0.3) is 0 Å². The Labute approximate surface area is 105 Å². The predicted octanol–water partition coefficient (Wildman–Crippen LogP) is 1.41. The van der Waals surface area contributed by atoms with Crippen molar-refractivity contribution in [2.24, 2.45) is 5.73 Å². The number of rotatable bonds is 5. The Kier molecular flexibility index (Phi) is 6.48. The molecular formula is C10H15ClN2O4. The van der Waals surface area contributed by atoms with Crippen molar-refractivity contribution in [3.05, 3.63) is 33.9 Å². The molecule has 17 heavy (non-hydrogen) atoms. The van der Waals surface area contributed by atoms with Crippen molar-refractivity contribution in [3.63, 3.8) is 0 Å². The van der Waals surface area contributed by atoms with Gasteiger partial charge in [-0.1, -0.05) is 6.07 Å². The molecule has 0 unspecified atom stereocenters. The molecule has 0 bridgehead atoms. The van der Waals surface area contributed by atoms with E-state index in [-0.39, 0.29) is 30.5 Å². The van der Waals surface area contributed by atoms with Gasteiger partial charge < -0.3 is 15.6 Å². The van der Waals surface area contributed by atoms with E-state index in [4.69, 9.17) is 15.6 Å². The lowest BCUT2D eigenvalue weighted by Crippen LogP contribution is -2.12. The maximum absolute atomic E-state index is 10.7. The maximum Gasteiger partial charge on any atom is 0.311 e. The van der Waals surface area contributed by atoms with Crippen LogP contribution in [0.3, 0.4) is 0 Å². The predicted molar refractivity (Wildman–Crippen MR) is 65.5 cm³/mol. The highest BCUT2D eigenvalue weighted by Gasteiger charge is 2.17. The second-order valence-corrected chi connectivity index (χ2v) is 3.31. The molecule has 0 spiro atoms. The summed E-state index contributed by atoms with van der Waals surface area (Å²) in [5.41, 5.74) is 6.24. The first-order chi connectivity index (χ1) is 7.60. The second kappa shape index (κ2) is 7.05. The number of ether oxygens (including phenoxy) is 1. The molecular weight excluding hydrogens is 248 g/mol. The summed E-state index contributed by atoms with van der Waals surface area (Å²) in [6.07, 6.45) is 0.365. The van der Waals surface area contributed by atoms with Gasteiger partial charge in [0, 0.05) is 18.7 Å². The number of nitro groups is 1. The van der Waals surface area contributed by atoms with Crippen LogP contribution < -0.4 is 10.5 Å². The van der Waals surface area contributed by atoms with Gasteiger partial charge in [-0.3, -0.25) is 10.1 Å². The molecule has 0 saturated carbocycles. The number of nitrogens with two attached hydrogens (primary N) is 1. The zero-order chi connectivity index (χ0) is 12.1. The molecule has 0 fully saturated rings. The van der Waals surface area contributed by atoms with E-state index in [2.05, 4.69) is 0 Å². The highest BCUT2D eigenvalue weighted by atomic mass is 35.5. The van der Waals surface area contributed by atoms with Gasteiger partial charge in [0.1, 0.15) is 0 Å². The SMILES string of the molecule is COc1ccc([C@H](N)CCO)cc1[N+](=O)[O-].Cl. The van der Waals surface area contributed by atoms with Crippen LogP contribution in [0.15, 0.2) is 18.2 Å². The average Bonchev–Trinajstić information content (AvgIpc) is 2.28. The summed E-state index contributed by atoms with van der Waals surface area (Å²) in [4.78, 5) is 10.2. The molecule has 0 aliphatic rings. The largest absolute Gasteiger partial charge is 0.490 e. The highest BCUT2D eigenvalue weighted by molar-refractivity contribution is 5.85. The molecule has 0 aliphatic heterocycles. The number of methoxy groups -OCH3 is 1. The van der Waals surface area contributed by atoms with Crippen molar-refractivity contribution < 1.29 is 14.8 Å². The van der Waals surface area contributed by atoms with Crippen LogP contribution in [0.5, 0.6) is 5.75 Å². The molecule has 3 N–H and O–H groups in total. The Morgan fingerprint density at radius 2 is 2.24 bits per heavy atom. The Hall–Kier alpha value is -1.37. The summed E-state index contributed by atoms with van der Waals surface area (Å²) in [6.45, 7) is -0.0546. The molecule has 1 aromatic rings. The summed E-state index contributed by atoms with van der Waals surface area (Å²) < 4.78 is 4.87. The number of aliphatic hydroxyl groups is 1. The number of nitro benzene ring substituents is 1. The van der Waals surface area contributed by atoms with Crippen LogP contribution in [-0.2, 0) is 0 Å². The summed E-state index contributed by atoms with van der Waals surface area (Å²) in [5, 5.41) is 19.5. The van der Waals surface area contributed by atoms with Crippen molar-refractivity contribution >= 4 is 18.1 Å². The minimum Gasteiger partial charge on any atom is -0.490 e. The zero-order valence-corrected chi connectivity index (χ0v) is 10.1. The van der Waals surface area contributed by atoms with Crippen LogP contribution >= 0.6 is 12.4 Å². The Bertz CT molecular complexity index is 387. The first-order valence-electron chi connectivity index (χ1n) is 4.79. The lowest BCUT2D eigenvalue weighted by Gasteiger charge is -2.11. The fraction of sp³-hybridized carbons (Fsp3) is 0.400. The topological polar surface area (TPSA) is 98.6 Å². The van der Waals surface area contributed by atoms with Gasteiger partial charge in [0.25, 0.3) is 0 Å². The highest BCUT2D eigenvalue weighted by Crippen LogP contribution is 2.29. The Morgan fingerprint density at radius 3 is 2.71 bits per heavy atom. The van der Waals surface area contributed by atoms with Gasteiger partial charge in [-0.15, -0.1) is 12.4 Å². The van der Waals surface area contributed by atoms with Gasteiger partial charge >= 0.3 is 5.69 Å². The third-order valence-corrected chi connectivity index (χ3v) is 2.27. The Morgan fingerprint density at radius 1 is 1.59 bits per heavy atom. The number of benzene rings is 1. The third-order valence-electron chi connectivity index (χ3n) is 2.27. The molecule has 0 radical (unpaired) electrons. The van der Waals surface area contributed by atoms with E-state index in [1.165, 1.54) is 19.2 Å². The van der Waals surface area contributed by atoms with E-state index in [9.17, 15) is 10.1 Å². The van der Waals surface area contributed by atoms with Crippen LogP contribution in [0.4, 0.5) is 5.69 Å². The van der Waals surface area contributed by atoms with Crippen molar-refractivity contribution in [1.29, 1.82) is 0 Å². The van der Waals surface area contributed by atoms with E-state index < -0.39 is 11.0 Å². The van der Waals surface area contributed by atoms with Crippen LogP contribution in [0.1, 0.15) is 18.0 Å². The Balaban J connectivity index is 0.00000256. The monoisotopic (exact) mass is 262 g/mol. The molecule has 0 heterocycles. The standard InChI is InChI=1S/C10H14N2O4.ClH/c1-16-10-3-2-7(8(11)4-5-13)6-9(10)12(14)15;/h2-3,6,8,13H,4-5,11H2,1H3;1H/t8-;/m1./s1. The summed E-state index contributed by atoms with van der Waals surface area (Å²) in [5.74, 6) is 0.199. The molecule has 1 aromatic carbocycles. The van der Waals surface area contributed by atoms with Crippen molar-refractivity contribution in [2.75, 3.05) is 13.7 Å². The maximum atomic E-state index is 10.7. The molecule has 6 nitrogen and oxygen atoms in total. The summed E-state index contributed by atoms with van der Waals surface area (Å²) >= 11 is 0. The lowest BCUT2D eigenvalue weighted by molar-refractivity contribution is -0.385. The molecule has 1 rings (SSSR count). The smallest absolute Gasteiger partial charge is 0.311 e. The molecule has 7 heteroatoms. The van der Waals surface area contributed by atoms with Crippen molar-refractivity contribution in [3.8, 4) is 5.75 Å². The first-order valence-corrected chi connectivity index (χ1v) is 4.79. The minimum absolute atomic E-state index is 0. The van der Waals surface area contributed by atoms with E-state index >= 15 is 0 Å². The van der Waals surface area contributed by atoms with Gasteiger partial charge in [-0.05, 0) is 18.1 Å². The van der Waals surface area contributed by atoms with Gasteiger partial charge in [-0.25, -0.2) is 0 Å². The molecule has 1 atom stereocenters. The van der Waals surface area contributed by atoms with E-state index in [1.54, 1.807) is 6.07 Å². The molecule has 0 saturated heterocycles. The number of hydrogen-bond donors (Lipinski definition) is 2. The zero-order valence-electron chi connectivity index (χ0n) is 9.33. The first kappa shape index (κ1) is 15.6. The molecule has 0 amide bonds. The van der Waals surface area contributed by atoms with Crippen LogP contribution in [-0.4, -0.2) is 23.7 Å². The van der Waals surface area contributed by atoms with Crippen molar-refractivity contribution in [1.82, 2.24) is 0 Å². The quantitative estimate of drug-likeness (QED) is 0.617. The number of aliphatic hydroxyl groups excluding tert-OH is 1. The number of halogens is 1. The van der Waals surface area contributed by atoms with Gasteiger partial charge in [0.15, 0.2) is 5.75 Å². The molecule has 0 aliphatic carbocycles. The van der Waals surface area contributed by atoms with Crippen LogP contribution in [0.2, 0.25) is 0 Å². The van der Waals surface area contributed by atoms with Crippen molar-refractivity contribution in [2.45, 2.75) is 12.5 Å². The van der Waals surface area contributed by atoms with Gasteiger partial charge in [0.05, 0.1) is 12.0 Å². The summed E-state index contributed by atoms with van der Waals surface area (Å²) in [7, 11) is 1.37. The second-order valence-electron chi connectivity index (χ2n) is 3.31. The molecule has 96 valence electrons. The number of nitrogens with zero attached hydrogens (tertiary/aromatic N) is 1. The lowest BCUT2D eigenvalue weighted by atomic mass is 10.0. The van der Waals surface area contributed by atoms with E-state index in [0.29, 0.717) is 12.0 Å². The minimum atomic E-state index is -0.520. The summed E-state index contributed by atoms with van der Waals surface area (Å²) in [6, 6.07) is 4.13.